The van der Waals surface area contributed by atoms with Crippen LogP contribution in [0.15, 0.2) is 36.9 Å². The van der Waals surface area contributed by atoms with Crippen LogP contribution in [0.5, 0.6) is 11.5 Å². The topological polar surface area (TPSA) is 65.4 Å². The summed E-state index contributed by atoms with van der Waals surface area (Å²) < 4.78 is 12.5. The van der Waals surface area contributed by atoms with Gasteiger partial charge in [0.25, 0.3) is 5.91 Å². The number of ether oxygens (including phenoxy) is 2. The molecule has 0 saturated carbocycles. The zero-order valence-corrected chi connectivity index (χ0v) is 14.9. The molecule has 1 atom stereocenters. The van der Waals surface area contributed by atoms with Gasteiger partial charge in [0.2, 0.25) is 0 Å². The molecule has 1 amide bonds. The van der Waals surface area contributed by atoms with E-state index in [2.05, 4.69) is 31.1 Å². The first-order valence-electron chi connectivity index (χ1n) is 7.83. The summed E-state index contributed by atoms with van der Waals surface area (Å²) in [5, 5.41) is 3.12. The summed E-state index contributed by atoms with van der Waals surface area (Å²) >= 11 is 0. The maximum absolute atomic E-state index is 12.8. The second-order valence-corrected chi connectivity index (χ2v) is 6.72. The molecule has 0 unspecified atom stereocenters. The maximum atomic E-state index is 12.8. The average Bonchev–Trinajstić information content (AvgIpc) is 3.05. The minimum Gasteiger partial charge on any atom is -0.497 e. The van der Waals surface area contributed by atoms with Crippen molar-refractivity contribution < 1.29 is 14.3 Å². The number of aromatic nitrogens is 2. The van der Waals surface area contributed by atoms with Gasteiger partial charge in [-0.25, -0.2) is 4.98 Å². The molecule has 24 heavy (non-hydrogen) atoms. The Morgan fingerprint density at radius 2 is 2.04 bits per heavy atom. The first kappa shape index (κ1) is 17.8. The van der Waals surface area contributed by atoms with Crippen molar-refractivity contribution in [2.75, 3.05) is 14.2 Å². The number of carbonyl (C=O) groups excluding carboxylic acids is 1. The Balaban J connectivity index is 2.21. The summed E-state index contributed by atoms with van der Waals surface area (Å²) in [6, 6.07) is 5.10. The van der Waals surface area contributed by atoms with E-state index in [1.807, 2.05) is 10.8 Å². The van der Waals surface area contributed by atoms with Crippen LogP contribution in [-0.4, -0.2) is 35.7 Å². The number of imidazole rings is 1. The largest absolute Gasteiger partial charge is 0.497 e. The molecular weight excluding hydrogens is 306 g/mol. The van der Waals surface area contributed by atoms with E-state index in [1.165, 1.54) is 7.11 Å². The minimum atomic E-state index is -0.172. The number of methoxy groups -OCH3 is 2. The fourth-order valence-electron chi connectivity index (χ4n) is 2.36. The van der Waals surface area contributed by atoms with Crippen molar-refractivity contribution >= 4 is 5.91 Å². The van der Waals surface area contributed by atoms with Gasteiger partial charge in [-0.3, -0.25) is 4.79 Å². The molecule has 1 N–H and O–H groups in total. The Kier molecular flexibility index (Phi) is 5.49. The fraction of sp³-hybridized carbons (Fsp3) is 0.444. The number of rotatable bonds is 6. The minimum absolute atomic E-state index is 0.0639. The maximum Gasteiger partial charge on any atom is 0.255 e. The molecule has 0 aliphatic rings. The zero-order valence-electron chi connectivity index (χ0n) is 14.9. The van der Waals surface area contributed by atoms with Crippen molar-refractivity contribution in [3.05, 3.63) is 42.5 Å². The predicted molar refractivity (Wildman–Crippen MR) is 92.5 cm³/mol. The lowest BCUT2D eigenvalue weighted by Crippen LogP contribution is -2.46. The van der Waals surface area contributed by atoms with E-state index in [1.54, 1.807) is 37.8 Å². The Bertz CT molecular complexity index is 675. The van der Waals surface area contributed by atoms with Gasteiger partial charge < -0.3 is 19.4 Å². The smallest absolute Gasteiger partial charge is 0.255 e. The van der Waals surface area contributed by atoms with Gasteiger partial charge in [-0.1, -0.05) is 20.8 Å². The van der Waals surface area contributed by atoms with Crippen LogP contribution < -0.4 is 14.8 Å². The molecule has 0 spiro atoms. The highest BCUT2D eigenvalue weighted by Gasteiger charge is 2.28. The second kappa shape index (κ2) is 7.38. The van der Waals surface area contributed by atoms with Gasteiger partial charge in [0.1, 0.15) is 11.5 Å². The number of nitrogens with one attached hydrogen (secondary N) is 1. The first-order valence-corrected chi connectivity index (χ1v) is 7.83. The van der Waals surface area contributed by atoms with Crippen LogP contribution in [0.1, 0.15) is 31.1 Å². The molecule has 6 heteroatoms. The average molecular weight is 331 g/mol. The van der Waals surface area contributed by atoms with Gasteiger partial charge in [-0.15, -0.1) is 0 Å². The summed E-state index contributed by atoms with van der Waals surface area (Å²) in [7, 11) is 3.12. The van der Waals surface area contributed by atoms with Crippen molar-refractivity contribution in [3.8, 4) is 11.5 Å². The molecular formula is C18H25N3O3. The molecule has 1 aromatic carbocycles. The molecule has 0 bridgehead atoms. The highest BCUT2D eigenvalue weighted by atomic mass is 16.5. The van der Waals surface area contributed by atoms with Crippen LogP contribution >= 0.6 is 0 Å². The summed E-state index contributed by atoms with van der Waals surface area (Å²) in [4.78, 5) is 16.8. The summed E-state index contributed by atoms with van der Waals surface area (Å²) in [5.74, 6) is 0.964. The third-order valence-electron chi connectivity index (χ3n) is 3.96. The first-order chi connectivity index (χ1) is 11.3. The van der Waals surface area contributed by atoms with Crippen LogP contribution in [0.25, 0.3) is 0 Å². The fourth-order valence-corrected chi connectivity index (χ4v) is 2.36. The second-order valence-electron chi connectivity index (χ2n) is 6.72. The number of hydrogen-bond donors (Lipinski definition) is 1. The van der Waals surface area contributed by atoms with Crippen molar-refractivity contribution in [3.63, 3.8) is 0 Å². The van der Waals surface area contributed by atoms with Crippen LogP contribution in [0.4, 0.5) is 0 Å². The quantitative estimate of drug-likeness (QED) is 0.884. The van der Waals surface area contributed by atoms with Crippen molar-refractivity contribution in [2.24, 2.45) is 5.41 Å². The molecule has 130 valence electrons. The summed E-state index contributed by atoms with van der Waals surface area (Å²) in [5.41, 5.74) is 0.373. The molecule has 0 fully saturated rings. The number of hydrogen-bond acceptors (Lipinski definition) is 4. The molecule has 0 aliphatic heterocycles. The zero-order chi connectivity index (χ0) is 17.7. The van der Waals surface area contributed by atoms with E-state index in [-0.39, 0.29) is 17.4 Å². The van der Waals surface area contributed by atoms with Crippen molar-refractivity contribution in [1.29, 1.82) is 0 Å². The van der Waals surface area contributed by atoms with Crippen LogP contribution in [0.2, 0.25) is 0 Å². The van der Waals surface area contributed by atoms with E-state index in [0.717, 1.165) is 0 Å². The predicted octanol–water partition coefficient (Wildman–Crippen LogP) is 2.75. The Morgan fingerprint density at radius 3 is 2.58 bits per heavy atom. The molecule has 2 rings (SSSR count). The number of nitrogens with zero attached hydrogens (tertiary/aromatic N) is 2. The van der Waals surface area contributed by atoms with Gasteiger partial charge in [0.05, 0.1) is 32.2 Å². The lowest BCUT2D eigenvalue weighted by atomic mass is 9.86. The lowest BCUT2D eigenvalue weighted by molar-refractivity contribution is 0.0889. The molecule has 1 aromatic heterocycles. The number of carbonyl (C=O) groups is 1. The Hall–Kier alpha value is -2.50. The summed E-state index contributed by atoms with van der Waals surface area (Å²) in [6.07, 6.45) is 5.37. The third kappa shape index (κ3) is 4.28. The Labute approximate surface area is 142 Å². The molecule has 2 aromatic rings. The van der Waals surface area contributed by atoms with Crippen LogP contribution in [0.3, 0.4) is 0 Å². The van der Waals surface area contributed by atoms with Gasteiger partial charge >= 0.3 is 0 Å². The molecule has 0 radical (unpaired) electrons. The third-order valence-corrected chi connectivity index (χ3v) is 3.96. The van der Waals surface area contributed by atoms with E-state index in [4.69, 9.17) is 9.47 Å². The van der Waals surface area contributed by atoms with Gasteiger partial charge in [0, 0.05) is 25.0 Å². The van der Waals surface area contributed by atoms with Crippen molar-refractivity contribution in [1.82, 2.24) is 14.9 Å². The Morgan fingerprint density at radius 1 is 1.29 bits per heavy atom. The lowest BCUT2D eigenvalue weighted by Gasteiger charge is -2.32. The number of benzene rings is 1. The monoisotopic (exact) mass is 331 g/mol. The normalized spacial score (nSPS) is 12.5. The van der Waals surface area contributed by atoms with Crippen molar-refractivity contribution in [2.45, 2.75) is 33.4 Å². The molecule has 0 saturated heterocycles. The van der Waals surface area contributed by atoms with E-state index in [9.17, 15) is 4.79 Å². The number of amides is 1. The van der Waals surface area contributed by atoms with Crippen LogP contribution in [-0.2, 0) is 6.54 Å². The highest BCUT2D eigenvalue weighted by molar-refractivity contribution is 5.97. The summed E-state index contributed by atoms with van der Waals surface area (Å²) in [6.45, 7) is 6.94. The SMILES string of the molecule is COc1ccc(C(=O)N[C@H](Cn2ccnc2)C(C)(C)C)c(OC)c1. The molecule has 1 heterocycles. The highest BCUT2D eigenvalue weighted by Crippen LogP contribution is 2.26. The van der Waals surface area contributed by atoms with Gasteiger partial charge in [-0.2, -0.15) is 0 Å². The van der Waals surface area contributed by atoms with Gasteiger partial charge in [-0.05, 0) is 17.5 Å². The molecule has 6 nitrogen and oxygen atoms in total. The standard InChI is InChI=1S/C18H25N3O3/c1-18(2,3)16(11-21-9-8-19-12-21)20-17(22)14-7-6-13(23-4)10-15(14)24-5/h6-10,12,16H,11H2,1-5H3,(H,20,22)/t16-/m1/s1. The van der Waals surface area contributed by atoms with Crippen LogP contribution in [0, 0.1) is 5.41 Å². The molecule has 0 aliphatic carbocycles. The van der Waals surface area contributed by atoms with E-state index in [0.29, 0.717) is 23.6 Å². The van der Waals surface area contributed by atoms with E-state index < -0.39 is 0 Å². The van der Waals surface area contributed by atoms with Gasteiger partial charge in [0.15, 0.2) is 0 Å². The van der Waals surface area contributed by atoms with E-state index >= 15 is 0 Å².